The predicted molar refractivity (Wildman–Crippen MR) is 65.4 cm³/mol. The van der Waals surface area contributed by atoms with Gasteiger partial charge in [0.15, 0.2) is 4.90 Å². The van der Waals surface area contributed by atoms with Gasteiger partial charge in [0.1, 0.15) is 0 Å². The van der Waals surface area contributed by atoms with E-state index in [0.717, 1.165) is 10.5 Å². The largest absolute Gasteiger partial charge is 0.389 e. The summed E-state index contributed by atoms with van der Waals surface area (Å²) in [5.41, 5.74) is -1.82. The number of aliphatic hydroxyl groups excluding tert-OH is 1. The second-order valence-corrected chi connectivity index (χ2v) is 5.84. The molecule has 0 spiro atoms. The lowest BCUT2D eigenvalue weighted by Crippen LogP contribution is -2.39. The summed E-state index contributed by atoms with van der Waals surface area (Å²) in [6, 6.07) is 0. The molecule has 108 valence electrons. The second-order valence-electron chi connectivity index (χ2n) is 3.83. The third-order valence-electron chi connectivity index (χ3n) is 2.30. The number of nitrogens with zero attached hydrogens (tertiary/aromatic N) is 1. The molecular weight excluding hydrogens is 278 g/mol. The summed E-state index contributed by atoms with van der Waals surface area (Å²) in [5, 5.41) is 9.47. The van der Waals surface area contributed by atoms with Crippen LogP contribution in [-0.4, -0.2) is 61.2 Å². The topological polar surface area (TPSA) is 133 Å². The number of aromatic amines is 2. The molecule has 1 unspecified atom stereocenters. The molecule has 0 radical (unpaired) electrons. The summed E-state index contributed by atoms with van der Waals surface area (Å²) in [6.07, 6.45) is -0.206. The summed E-state index contributed by atoms with van der Waals surface area (Å²) in [5.74, 6) is 0. The molecule has 1 aromatic rings. The fourth-order valence-corrected chi connectivity index (χ4v) is 2.59. The molecule has 1 heterocycles. The highest BCUT2D eigenvalue weighted by Crippen LogP contribution is 2.08. The van der Waals surface area contributed by atoms with Gasteiger partial charge in [-0.25, -0.2) is 13.2 Å². The zero-order chi connectivity index (χ0) is 14.6. The van der Waals surface area contributed by atoms with Gasteiger partial charge in [0.05, 0.1) is 12.7 Å². The Morgan fingerprint density at radius 1 is 1.47 bits per heavy atom. The smallest absolute Gasteiger partial charge is 0.325 e. The number of ether oxygens (including phenoxy) is 1. The normalized spacial score (nSPS) is 13.7. The summed E-state index contributed by atoms with van der Waals surface area (Å²) in [4.78, 5) is 25.6. The molecule has 1 atom stereocenters. The van der Waals surface area contributed by atoms with E-state index >= 15 is 0 Å². The number of likely N-dealkylation sites (N-methyl/N-ethyl adjacent to an activating group) is 1. The number of aromatic nitrogens is 2. The molecule has 0 fully saturated rings. The Morgan fingerprint density at radius 2 is 2.11 bits per heavy atom. The van der Waals surface area contributed by atoms with Crippen molar-refractivity contribution in [3.05, 3.63) is 27.0 Å². The summed E-state index contributed by atoms with van der Waals surface area (Å²) in [7, 11) is -1.52. The molecule has 0 bridgehead atoms. The highest BCUT2D eigenvalue weighted by molar-refractivity contribution is 7.89. The maximum absolute atomic E-state index is 12.0. The van der Waals surface area contributed by atoms with Crippen LogP contribution < -0.4 is 11.2 Å². The Bertz CT molecular complexity index is 634. The zero-order valence-corrected chi connectivity index (χ0v) is 11.2. The maximum atomic E-state index is 12.0. The number of sulfonamides is 1. The molecule has 3 N–H and O–H groups in total. The van der Waals surface area contributed by atoms with E-state index in [4.69, 9.17) is 0 Å². The third kappa shape index (κ3) is 3.73. The number of hydrogen-bond donors (Lipinski definition) is 3. The second kappa shape index (κ2) is 6.10. The number of methoxy groups -OCH3 is 1. The van der Waals surface area contributed by atoms with E-state index in [0.29, 0.717) is 0 Å². The molecule has 1 aromatic heterocycles. The van der Waals surface area contributed by atoms with Gasteiger partial charge in [0.2, 0.25) is 10.0 Å². The Labute approximate surface area is 108 Å². The maximum Gasteiger partial charge on any atom is 0.325 e. The summed E-state index contributed by atoms with van der Waals surface area (Å²) >= 11 is 0. The molecule has 9 nitrogen and oxygen atoms in total. The molecule has 0 aliphatic carbocycles. The van der Waals surface area contributed by atoms with Crippen molar-refractivity contribution in [1.29, 1.82) is 0 Å². The number of aliphatic hydroxyl groups is 1. The fraction of sp³-hybridized carbons (Fsp3) is 0.556. The van der Waals surface area contributed by atoms with E-state index in [9.17, 15) is 23.1 Å². The molecule has 0 saturated carbocycles. The standard InChI is InChI=1S/C9H15N3O6S/c1-12(4-6(13)5-18-2)19(16,17)7-3-10-9(15)11-8(7)14/h3,6,13H,4-5H2,1-2H3,(H2,10,11,14,15). The minimum absolute atomic E-state index is 0.0398. The molecule has 0 aromatic carbocycles. The van der Waals surface area contributed by atoms with Crippen molar-refractivity contribution in [2.24, 2.45) is 0 Å². The van der Waals surface area contributed by atoms with Crippen LogP contribution in [0, 0.1) is 0 Å². The van der Waals surface area contributed by atoms with E-state index in [2.05, 4.69) is 9.72 Å². The number of nitrogens with one attached hydrogen (secondary N) is 2. The Balaban J connectivity index is 3.03. The fourth-order valence-electron chi connectivity index (χ4n) is 1.40. The van der Waals surface area contributed by atoms with Gasteiger partial charge < -0.3 is 14.8 Å². The van der Waals surface area contributed by atoms with Crippen molar-refractivity contribution >= 4 is 10.0 Å². The van der Waals surface area contributed by atoms with Gasteiger partial charge >= 0.3 is 5.69 Å². The summed E-state index contributed by atoms with van der Waals surface area (Å²) in [6.45, 7) is -0.281. The van der Waals surface area contributed by atoms with Gasteiger partial charge in [-0.1, -0.05) is 0 Å². The number of H-pyrrole nitrogens is 2. The van der Waals surface area contributed by atoms with Gasteiger partial charge in [0.25, 0.3) is 5.56 Å². The minimum atomic E-state index is -4.10. The summed E-state index contributed by atoms with van der Waals surface area (Å²) < 4.78 is 29.6. The predicted octanol–water partition coefficient (Wildman–Crippen LogP) is -2.31. The van der Waals surface area contributed by atoms with Crippen molar-refractivity contribution in [2.75, 3.05) is 27.3 Å². The third-order valence-corrected chi connectivity index (χ3v) is 4.13. The van der Waals surface area contributed by atoms with E-state index in [1.165, 1.54) is 14.2 Å². The van der Waals surface area contributed by atoms with Crippen LogP contribution in [0.2, 0.25) is 0 Å². The monoisotopic (exact) mass is 293 g/mol. The quantitative estimate of drug-likeness (QED) is 0.540. The van der Waals surface area contributed by atoms with Crippen LogP contribution in [0.15, 0.2) is 20.7 Å². The number of rotatable bonds is 6. The Kier molecular flexibility index (Phi) is 5.00. The lowest BCUT2D eigenvalue weighted by molar-refractivity contribution is 0.0554. The highest BCUT2D eigenvalue weighted by Gasteiger charge is 2.26. The van der Waals surface area contributed by atoms with E-state index < -0.39 is 32.3 Å². The van der Waals surface area contributed by atoms with Crippen molar-refractivity contribution in [3.63, 3.8) is 0 Å². The lowest BCUT2D eigenvalue weighted by Gasteiger charge is -2.19. The van der Waals surface area contributed by atoms with E-state index in [-0.39, 0.29) is 13.2 Å². The molecule has 0 aliphatic heterocycles. The van der Waals surface area contributed by atoms with Gasteiger partial charge in [-0.05, 0) is 0 Å². The van der Waals surface area contributed by atoms with Crippen LogP contribution in [0.4, 0.5) is 0 Å². The molecule has 1 rings (SSSR count). The average molecular weight is 293 g/mol. The lowest BCUT2D eigenvalue weighted by atomic mass is 10.4. The Morgan fingerprint density at radius 3 is 2.63 bits per heavy atom. The zero-order valence-electron chi connectivity index (χ0n) is 10.4. The van der Waals surface area contributed by atoms with Gasteiger partial charge in [-0.2, -0.15) is 4.31 Å². The van der Waals surface area contributed by atoms with Crippen molar-refractivity contribution < 1.29 is 18.3 Å². The highest BCUT2D eigenvalue weighted by atomic mass is 32.2. The average Bonchev–Trinajstić information content (AvgIpc) is 2.28. The molecule has 0 saturated heterocycles. The SMILES string of the molecule is COCC(O)CN(C)S(=O)(=O)c1c[nH]c(=O)[nH]c1=O. The molecule has 0 aliphatic rings. The number of hydrogen-bond acceptors (Lipinski definition) is 6. The first-order valence-corrected chi connectivity index (χ1v) is 6.68. The van der Waals surface area contributed by atoms with E-state index in [1.54, 1.807) is 0 Å². The van der Waals surface area contributed by atoms with Crippen LogP contribution in [-0.2, 0) is 14.8 Å². The van der Waals surface area contributed by atoms with Crippen LogP contribution in [0.5, 0.6) is 0 Å². The first kappa shape index (κ1) is 15.6. The Hall–Kier alpha value is -1.49. The van der Waals surface area contributed by atoms with Crippen molar-refractivity contribution in [2.45, 2.75) is 11.0 Å². The van der Waals surface area contributed by atoms with Crippen LogP contribution in [0.3, 0.4) is 0 Å². The van der Waals surface area contributed by atoms with Gasteiger partial charge in [-0.15, -0.1) is 0 Å². The van der Waals surface area contributed by atoms with Gasteiger partial charge in [0, 0.05) is 26.9 Å². The molecule has 10 heteroatoms. The van der Waals surface area contributed by atoms with Gasteiger partial charge in [-0.3, -0.25) is 9.78 Å². The molecular formula is C9H15N3O6S. The first-order valence-electron chi connectivity index (χ1n) is 5.24. The van der Waals surface area contributed by atoms with Crippen LogP contribution in [0.1, 0.15) is 0 Å². The van der Waals surface area contributed by atoms with E-state index in [1.807, 2.05) is 4.98 Å². The minimum Gasteiger partial charge on any atom is -0.389 e. The first-order chi connectivity index (χ1) is 8.78. The molecule has 19 heavy (non-hydrogen) atoms. The van der Waals surface area contributed by atoms with Crippen molar-refractivity contribution in [1.82, 2.24) is 14.3 Å². The molecule has 0 amide bonds. The van der Waals surface area contributed by atoms with Crippen LogP contribution >= 0.6 is 0 Å². The van der Waals surface area contributed by atoms with Crippen molar-refractivity contribution in [3.8, 4) is 0 Å². The van der Waals surface area contributed by atoms with Crippen LogP contribution in [0.25, 0.3) is 0 Å².